The van der Waals surface area contributed by atoms with Gasteiger partial charge in [0.2, 0.25) is 0 Å². The lowest BCUT2D eigenvalue weighted by molar-refractivity contribution is 0.347. The van der Waals surface area contributed by atoms with Crippen molar-refractivity contribution in [3.05, 3.63) is 24.3 Å². The van der Waals surface area contributed by atoms with Crippen molar-refractivity contribution in [3.63, 3.8) is 0 Å². The zero-order valence-electron chi connectivity index (χ0n) is 11.4. The van der Waals surface area contributed by atoms with Gasteiger partial charge < -0.3 is 10.6 Å². The van der Waals surface area contributed by atoms with Gasteiger partial charge in [0.1, 0.15) is 0 Å². The van der Waals surface area contributed by atoms with Gasteiger partial charge in [-0.1, -0.05) is 13.8 Å². The van der Waals surface area contributed by atoms with Crippen LogP contribution in [0.2, 0.25) is 0 Å². The van der Waals surface area contributed by atoms with Gasteiger partial charge in [0, 0.05) is 24.2 Å². The molecule has 0 heterocycles. The minimum absolute atomic E-state index is 0.266. The molecule has 0 bridgehead atoms. The molecule has 0 saturated heterocycles. The van der Waals surface area contributed by atoms with Crippen LogP contribution in [0.15, 0.2) is 29.2 Å². The lowest BCUT2D eigenvalue weighted by Crippen LogP contribution is -2.32. The molecule has 0 aliphatic rings. The minimum atomic E-state index is 0.266. The Morgan fingerprint density at radius 3 is 2.29 bits per heavy atom. The largest absolute Gasteiger partial charge is 0.374 e. The van der Waals surface area contributed by atoms with E-state index in [9.17, 15) is 0 Å². The molecule has 0 aliphatic carbocycles. The maximum Gasteiger partial charge on any atom is 0.0364 e. The highest BCUT2D eigenvalue weighted by atomic mass is 32.2. The van der Waals surface area contributed by atoms with Crippen LogP contribution in [-0.2, 0) is 0 Å². The monoisotopic (exact) mass is 252 g/mol. The molecule has 1 rings (SSSR count). The van der Waals surface area contributed by atoms with Gasteiger partial charge in [-0.05, 0) is 48.9 Å². The van der Waals surface area contributed by atoms with E-state index in [0.717, 1.165) is 19.5 Å². The molecular formula is C14H24N2S. The second kappa shape index (κ2) is 6.31. The molecule has 0 saturated carbocycles. The van der Waals surface area contributed by atoms with Crippen LogP contribution in [0.3, 0.4) is 0 Å². The number of rotatable bonds is 6. The lowest BCUT2D eigenvalue weighted by atomic mass is 9.89. The smallest absolute Gasteiger partial charge is 0.0364 e. The Morgan fingerprint density at radius 1 is 1.24 bits per heavy atom. The second-order valence-corrected chi connectivity index (χ2v) is 6.14. The summed E-state index contributed by atoms with van der Waals surface area (Å²) in [5, 5.41) is 0. The number of hydrogen-bond donors (Lipinski definition) is 1. The number of benzene rings is 1. The Hall–Kier alpha value is -0.670. The molecule has 0 aliphatic heterocycles. The highest BCUT2D eigenvalue weighted by Gasteiger charge is 2.19. The molecule has 0 atom stereocenters. The Labute approximate surface area is 110 Å². The average Bonchev–Trinajstić information content (AvgIpc) is 2.28. The van der Waals surface area contributed by atoms with Gasteiger partial charge in [-0.15, -0.1) is 11.8 Å². The van der Waals surface area contributed by atoms with E-state index in [2.05, 4.69) is 56.3 Å². The molecule has 0 amide bonds. The molecular weight excluding hydrogens is 228 g/mol. The van der Waals surface area contributed by atoms with Crippen molar-refractivity contribution < 1.29 is 0 Å². The molecule has 2 nitrogen and oxygen atoms in total. The fraction of sp³-hybridized carbons (Fsp3) is 0.571. The number of nitrogens with two attached hydrogens (primary N) is 1. The number of nitrogens with zero attached hydrogens (tertiary/aromatic N) is 1. The molecule has 0 aromatic heterocycles. The molecule has 96 valence electrons. The quantitative estimate of drug-likeness (QED) is 0.788. The first kappa shape index (κ1) is 14.4. The second-order valence-electron chi connectivity index (χ2n) is 5.26. The zero-order valence-corrected chi connectivity index (χ0v) is 12.2. The summed E-state index contributed by atoms with van der Waals surface area (Å²) in [4.78, 5) is 3.61. The first-order chi connectivity index (χ1) is 7.98. The standard InChI is InChI=1S/C14H24N2S/c1-14(2,9-10-15)11-16(3)12-5-7-13(17-4)8-6-12/h5-8H,9-11,15H2,1-4H3. The lowest BCUT2D eigenvalue weighted by Gasteiger charge is -2.31. The Morgan fingerprint density at radius 2 is 1.82 bits per heavy atom. The number of anilines is 1. The Bertz CT molecular complexity index is 333. The summed E-state index contributed by atoms with van der Waals surface area (Å²) >= 11 is 1.78. The molecule has 17 heavy (non-hydrogen) atoms. The molecule has 0 spiro atoms. The van der Waals surface area contributed by atoms with E-state index >= 15 is 0 Å². The maximum absolute atomic E-state index is 5.65. The summed E-state index contributed by atoms with van der Waals surface area (Å²) in [6, 6.07) is 8.72. The van der Waals surface area contributed by atoms with Crippen LogP contribution < -0.4 is 10.6 Å². The molecule has 2 N–H and O–H groups in total. The van der Waals surface area contributed by atoms with E-state index < -0.39 is 0 Å². The minimum Gasteiger partial charge on any atom is -0.374 e. The van der Waals surface area contributed by atoms with Crippen molar-refractivity contribution in [1.82, 2.24) is 0 Å². The molecule has 0 unspecified atom stereocenters. The highest BCUT2D eigenvalue weighted by molar-refractivity contribution is 7.98. The summed E-state index contributed by atoms with van der Waals surface area (Å²) in [6.07, 6.45) is 3.16. The van der Waals surface area contributed by atoms with Crippen LogP contribution >= 0.6 is 11.8 Å². The Kier molecular flexibility index (Phi) is 5.34. The van der Waals surface area contributed by atoms with Gasteiger partial charge in [-0.2, -0.15) is 0 Å². The third-order valence-electron chi connectivity index (χ3n) is 3.00. The van der Waals surface area contributed by atoms with Gasteiger partial charge in [0.15, 0.2) is 0 Å². The first-order valence-corrected chi connectivity index (χ1v) is 7.26. The van der Waals surface area contributed by atoms with Gasteiger partial charge in [-0.25, -0.2) is 0 Å². The average molecular weight is 252 g/mol. The van der Waals surface area contributed by atoms with Crippen LogP contribution in [0.5, 0.6) is 0 Å². The third kappa shape index (κ3) is 4.60. The van der Waals surface area contributed by atoms with E-state index in [1.165, 1.54) is 10.6 Å². The van der Waals surface area contributed by atoms with E-state index in [-0.39, 0.29) is 5.41 Å². The fourth-order valence-electron chi connectivity index (χ4n) is 2.04. The number of thioether (sulfide) groups is 1. The maximum atomic E-state index is 5.65. The predicted molar refractivity (Wildman–Crippen MR) is 78.9 cm³/mol. The van der Waals surface area contributed by atoms with Crippen molar-refractivity contribution in [1.29, 1.82) is 0 Å². The normalized spacial score (nSPS) is 11.6. The molecule has 1 aromatic rings. The summed E-state index contributed by atoms with van der Waals surface area (Å²) in [7, 11) is 2.15. The summed E-state index contributed by atoms with van der Waals surface area (Å²) in [5.41, 5.74) is 7.18. The summed E-state index contributed by atoms with van der Waals surface area (Å²) in [5.74, 6) is 0. The summed E-state index contributed by atoms with van der Waals surface area (Å²) in [6.45, 7) is 6.33. The topological polar surface area (TPSA) is 29.3 Å². The van der Waals surface area contributed by atoms with Crippen molar-refractivity contribution in [2.45, 2.75) is 25.2 Å². The Balaban J connectivity index is 2.65. The van der Waals surface area contributed by atoms with E-state index in [0.29, 0.717) is 0 Å². The van der Waals surface area contributed by atoms with E-state index in [4.69, 9.17) is 5.73 Å². The molecule has 0 radical (unpaired) electrons. The highest BCUT2D eigenvalue weighted by Crippen LogP contribution is 2.25. The van der Waals surface area contributed by atoms with Crippen LogP contribution in [0.25, 0.3) is 0 Å². The zero-order chi connectivity index (χ0) is 12.9. The van der Waals surface area contributed by atoms with Gasteiger partial charge in [0.05, 0.1) is 0 Å². The van der Waals surface area contributed by atoms with Crippen LogP contribution in [-0.4, -0.2) is 26.4 Å². The van der Waals surface area contributed by atoms with Crippen LogP contribution in [0, 0.1) is 5.41 Å². The molecule has 1 aromatic carbocycles. The van der Waals surface area contributed by atoms with Gasteiger partial charge in [0.25, 0.3) is 0 Å². The van der Waals surface area contributed by atoms with Gasteiger partial charge >= 0.3 is 0 Å². The summed E-state index contributed by atoms with van der Waals surface area (Å²) < 4.78 is 0. The van der Waals surface area contributed by atoms with E-state index in [1.54, 1.807) is 11.8 Å². The van der Waals surface area contributed by atoms with E-state index in [1.807, 2.05) is 0 Å². The SMILES string of the molecule is CSc1ccc(N(C)CC(C)(C)CCN)cc1. The number of hydrogen-bond acceptors (Lipinski definition) is 3. The first-order valence-electron chi connectivity index (χ1n) is 6.04. The molecule has 0 fully saturated rings. The third-order valence-corrected chi connectivity index (χ3v) is 3.74. The van der Waals surface area contributed by atoms with Crippen LogP contribution in [0.4, 0.5) is 5.69 Å². The van der Waals surface area contributed by atoms with Crippen molar-refractivity contribution in [2.24, 2.45) is 11.1 Å². The van der Waals surface area contributed by atoms with Crippen molar-refractivity contribution >= 4 is 17.4 Å². The molecule has 3 heteroatoms. The van der Waals surface area contributed by atoms with Crippen molar-refractivity contribution in [2.75, 3.05) is 31.3 Å². The van der Waals surface area contributed by atoms with Gasteiger partial charge in [-0.3, -0.25) is 0 Å². The van der Waals surface area contributed by atoms with Crippen LogP contribution in [0.1, 0.15) is 20.3 Å². The predicted octanol–water partition coefficient (Wildman–Crippen LogP) is 3.22. The van der Waals surface area contributed by atoms with Crippen molar-refractivity contribution in [3.8, 4) is 0 Å². The fourth-order valence-corrected chi connectivity index (χ4v) is 2.45.